The standard InChI is InChI=1S/2C8H13Si.2CH3.Zr/c2*1-9(2,3)8-6-4-5-7-8;;;/h2*4,6H,5H2,1-3H3;2*1H3;. The van der Waals surface area contributed by atoms with Crippen LogP contribution in [0.3, 0.4) is 0 Å². The van der Waals surface area contributed by atoms with Crippen molar-refractivity contribution >= 4 is 16.1 Å². The molecule has 0 aromatic carbocycles. The van der Waals surface area contributed by atoms with E-state index in [0.29, 0.717) is 0 Å². The molecule has 0 aromatic heterocycles. The Labute approximate surface area is 138 Å². The molecule has 0 amide bonds. The van der Waals surface area contributed by atoms with Gasteiger partial charge in [-0.2, -0.15) is 0 Å². The van der Waals surface area contributed by atoms with Crippen molar-refractivity contribution in [1.29, 1.82) is 0 Å². The molecule has 0 saturated carbocycles. The average Bonchev–Trinajstić information content (AvgIpc) is 2.97. The number of rotatable bonds is 4. The molecule has 3 heteroatoms. The van der Waals surface area contributed by atoms with E-state index < -0.39 is 36.4 Å². The second-order valence-electron chi connectivity index (χ2n) is 9.12. The van der Waals surface area contributed by atoms with Gasteiger partial charge in [0.05, 0.1) is 0 Å². The molecule has 0 aliphatic heterocycles. The molecule has 0 spiro atoms. The van der Waals surface area contributed by atoms with Gasteiger partial charge < -0.3 is 0 Å². The fourth-order valence-electron chi connectivity index (χ4n) is 3.78. The van der Waals surface area contributed by atoms with Crippen LogP contribution >= 0.6 is 0 Å². The monoisotopic (exact) mass is 394 g/mol. The van der Waals surface area contributed by atoms with E-state index in [1.165, 1.54) is 12.8 Å². The predicted octanol–water partition coefficient (Wildman–Crippen LogP) is 6.42. The molecule has 0 heterocycles. The minimum absolute atomic E-state index is 1.20. The molecule has 0 unspecified atom stereocenters. The van der Waals surface area contributed by atoms with Crippen molar-refractivity contribution in [2.24, 2.45) is 0 Å². The molecule has 0 aromatic rings. The van der Waals surface area contributed by atoms with Crippen LogP contribution in [0.4, 0.5) is 0 Å². The van der Waals surface area contributed by atoms with Crippen molar-refractivity contribution < 1.29 is 20.3 Å². The Morgan fingerprint density at radius 1 is 0.714 bits per heavy atom. The van der Waals surface area contributed by atoms with E-state index in [1.807, 2.05) is 6.56 Å². The van der Waals surface area contributed by atoms with Crippen molar-refractivity contribution in [3.63, 3.8) is 0 Å². The fraction of sp³-hybridized carbons (Fsp3) is 0.556. The van der Waals surface area contributed by atoms with E-state index in [-0.39, 0.29) is 0 Å². The molecule has 116 valence electrons. The molecular formula is C18H32Si2Zr. The Balaban J connectivity index is 2.54. The van der Waals surface area contributed by atoms with Gasteiger partial charge in [0.2, 0.25) is 0 Å². The summed E-state index contributed by atoms with van der Waals surface area (Å²) < 4.78 is 9.19. The predicted molar refractivity (Wildman–Crippen MR) is 100.0 cm³/mol. The van der Waals surface area contributed by atoms with E-state index in [9.17, 15) is 0 Å². The molecule has 0 fully saturated rings. The van der Waals surface area contributed by atoms with Gasteiger partial charge in [-0.05, 0) is 0 Å². The van der Waals surface area contributed by atoms with Gasteiger partial charge in [0.25, 0.3) is 0 Å². The van der Waals surface area contributed by atoms with Gasteiger partial charge in [-0.3, -0.25) is 0 Å². The second-order valence-corrected chi connectivity index (χ2v) is 30.2. The van der Waals surface area contributed by atoms with Crippen LogP contribution in [0.25, 0.3) is 0 Å². The SMILES string of the molecule is C[Si](C)(C)C1=[C]([Zr]([CH3])([CH3])[C]2=C([Si](C)(C)C)C=CC2)CC=C1. The molecule has 2 rings (SSSR count). The van der Waals surface area contributed by atoms with Crippen LogP contribution in [0, 0.1) is 0 Å². The number of hydrogen-bond donors (Lipinski definition) is 0. The summed E-state index contributed by atoms with van der Waals surface area (Å²) in [7, 11) is -2.40. The third-order valence-corrected chi connectivity index (χ3v) is 20.1. The maximum absolute atomic E-state index is 2.68. The number of allylic oxidation sites excluding steroid dienone is 8. The molecule has 21 heavy (non-hydrogen) atoms. The summed E-state index contributed by atoms with van der Waals surface area (Å²) in [5, 5.41) is 3.58. The van der Waals surface area contributed by atoms with Crippen LogP contribution in [-0.2, 0) is 20.3 Å². The molecule has 0 bridgehead atoms. The van der Waals surface area contributed by atoms with E-state index in [2.05, 4.69) is 72.8 Å². The Kier molecular flexibility index (Phi) is 4.81. The van der Waals surface area contributed by atoms with Crippen LogP contribution in [0.2, 0.25) is 48.5 Å². The van der Waals surface area contributed by atoms with Crippen LogP contribution < -0.4 is 0 Å². The Morgan fingerprint density at radius 2 is 1.05 bits per heavy atom. The fourth-order valence-corrected chi connectivity index (χ4v) is 24.0. The molecule has 2 aliphatic rings. The van der Waals surface area contributed by atoms with Crippen LogP contribution in [0.1, 0.15) is 12.8 Å². The molecule has 0 radical (unpaired) electrons. The first-order valence-electron chi connectivity index (χ1n) is 8.27. The summed E-state index contributed by atoms with van der Waals surface area (Å²) in [6.07, 6.45) is 12.4. The summed E-state index contributed by atoms with van der Waals surface area (Å²) in [5.74, 6) is 0. The molecule has 0 saturated heterocycles. The van der Waals surface area contributed by atoms with Gasteiger partial charge in [-0.25, -0.2) is 0 Å². The van der Waals surface area contributed by atoms with Gasteiger partial charge in [-0.1, -0.05) is 0 Å². The van der Waals surface area contributed by atoms with Crippen LogP contribution in [-0.4, -0.2) is 16.1 Å². The van der Waals surface area contributed by atoms with Gasteiger partial charge in [-0.15, -0.1) is 0 Å². The third kappa shape index (κ3) is 3.46. The van der Waals surface area contributed by atoms with Crippen LogP contribution in [0.15, 0.2) is 41.3 Å². The van der Waals surface area contributed by atoms with E-state index in [4.69, 9.17) is 0 Å². The first-order valence-corrected chi connectivity index (χ1v) is 22.6. The number of hydrogen-bond acceptors (Lipinski definition) is 0. The van der Waals surface area contributed by atoms with Crippen molar-refractivity contribution in [3.8, 4) is 0 Å². The van der Waals surface area contributed by atoms with Gasteiger partial charge >= 0.3 is 139 Å². The normalized spacial score (nSPS) is 20.2. The molecular weight excluding hydrogens is 364 g/mol. The van der Waals surface area contributed by atoms with E-state index >= 15 is 0 Å². The summed E-state index contributed by atoms with van der Waals surface area (Å²) >= 11 is -2.35. The molecule has 0 N–H and O–H groups in total. The molecule has 2 aliphatic carbocycles. The average molecular weight is 396 g/mol. The quantitative estimate of drug-likeness (QED) is 0.482. The first-order chi connectivity index (χ1) is 9.45. The summed E-state index contributed by atoms with van der Waals surface area (Å²) in [4.78, 5) is 0. The first kappa shape index (κ1) is 17.6. The zero-order valence-electron chi connectivity index (χ0n) is 15.2. The Morgan fingerprint density at radius 3 is 1.33 bits per heavy atom. The van der Waals surface area contributed by atoms with Gasteiger partial charge in [0, 0.05) is 0 Å². The molecule has 0 atom stereocenters. The van der Waals surface area contributed by atoms with Crippen molar-refractivity contribution in [2.45, 2.75) is 61.4 Å². The molecule has 0 nitrogen and oxygen atoms in total. The zero-order valence-corrected chi connectivity index (χ0v) is 19.7. The Bertz CT molecular complexity index is 511. The summed E-state index contributed by atoms with van der Waals surface area (Å²) in [5.41, 5.74) is 0. The minimum atomic E-state index is -2.35. The van der Waals surface area contributed by atoms with E-state index in [1.54, 1.807) is 10.4 Å². The third-order valence-electron chi connectivity index (χ3n) is 4.99. The second kappa shape index (κ2) is 5.73. The van der Waals surface area contributed by atoms with Crippen molar-refractivity contribution in [3.05, 3.63) is 41.3 Å². The maximum atomic E-state index is 2.68. The summed E-state index contributed by atoms with van der Waals surface area (Å²) in [6, 6.07) is 0. The summed E-state index contributed by atoms with van der Waals surface area (Å²) in [6.45, 7) is 15.1. The zero-order chi connectivity index (χ0) is 16.1. The Hall–Kier alpha value is 0.277. The van der Waals surface area contributed by atoms with Gasteiger partial charge in [0.15, 0.2) is 0 Å². The van der Waals surface area contributed by atoms with Gasteiger partial charge in [0.1, 0.15) is 0 Å². The van der Waals surface area contributed by atoms with Crippen molar-refractivity contribution in [1.82, 2.24) is 0 Å². The van der Waals surface area contributed by atoms with E-state index in [0.717, 1.165) is 0 Å². The van der Waals surface area contributed by atoms with Crippen LogP contribution in [0.5, 0.6) is 0 Å². The van der Waals surface area contributed by atoms with Crippen molar-refractivity contribution in [2.75, 3.05) is 0 Å². The topological polar surface area (TPSA) is 0 Å².